The zero-order valence-corrected chi connectivity index (χ0v) is 7.20. The van der Waals surface area contributed by atoms with Crippen LogP contribution in [0, 0.1) is 0 Å². The van der Waals surface area contributed by atoms with E-state index in [0.29, 0.717) is 0 Å². The molecule has 2 atom stereocenters. The van der Waals surface area contributed by atoms with Crippen molar-refractivity contribution >= 4 is 11.8 Å². The van der Waals surface area contributed by atoms with E-state index in [1.54, 1.807) is 0 Å². The predicted molar refractivity (Wildman–Crippen MR) is 39.3 cm³/mol. The third-order valence-corrected chi connectivity index (χ3v) is 1.67. The first-order chi connectivity index (χ1) is 5.34. The number of Topliss-reactive ketones (excluding diaryl/α,β-unsaturated/α-hetero) is 1. The van der Waals surface area contributed by atoms with Crippen LogP contribution in [0.4, 0.5) is 0 Å². The molecule has 0 aromatic heterocycles. The number of hydrogen-bond acceptors (Lipinski definition) is 5. The molecule has 5 heteroatoms. The fourth-order valence-electron chi connectivity index (χ4n) is 0.534. The smallest absolute Gasteiger partial charge is 0.338 e. The summed E-state index contributed by atoms with van der Waals surface area (Å²) in [5, 5.41) is 18.3. The minimum absolute atomic E-state index is 0.694. The Hall–Kier alpha value is -0.940. The van der Waals surface area contributed by atoms with Crippen molar-refractivity contribution in [1.29, 1.82) is 0 Å². The second-order valence-electron chi connectivity index (χ2n) is 2.63. The second-order valence-corrected chi connectivity index (χ2v) is 2.63. The number of carbonyl (C=O) groups excluding carboxylic acids is 2. The van der Waals surface area contributed by atoms with Crippen molar-refractivity contribution in [2.45, 2.75) is 25.6 Å². The van der Waals surface area contributed by atoms with Crippen LogP contribution in [0.25, 0.3) is 0 Å². The van der Waals surface area contributed by atoms with Gasteiger partial charge in [0.1, 0.15) is 0 Å². The number of aliphatic hydroxyl groups is 2. The largest absolute Gasteiger partial charge is 0.467 e. The Kier molecular flexibility index (Phi) is 3.36. The number of ether oxygens (including phenoxy) is 1. The number of esters is 1. The molecule has 0 spiro atoms. The van der Waals surface area contributed by atoms with Gasteiger partial charge in [-0.05, 0) is 13.8 Å². The first-order valence-electron chi connectivity index (χ1n) is 3.33. The first kappa shape index (κ1) is 11.1. The Labute approximate surface area is 70.0 Å². The van der Waals surface area contributed by atoms with E-state index in [4.69, 9.17) is 5.11 Å². The zero-order valence-electron chi connectivity index (χ0n) is 7.20. The SMILES string of the molecule is COC(=O)C(O)C(C)(O)C(C)=O. The maximum Gasteiger partial charge on any atom is 0.338 e. The third kappa shape index (κ3) is 2.02. The molecule has 0 fully saturated rings. The summed E-state index contributed by atoms with van der Waals surface area (Å²) >= 11 is 0. The van der Waals surface area contributed by atoms with Gasteiger partial charge in [0.2, 0.25) is 0 Å². The molecule has 0 aliphatic carbocycles. The van der Waals surface area contributed by atoms with Crippen molar-refractivity contribution in [3.63, 3.8) is 0 Å². The van der Waals surface area contributed by atoms with Crippen LogP contribution in [0.15, 0.2) is 0 Å². The van der Waals surface area contributed by atoms with Crippen LogP contribution in [0.3, 0.4) is 0 Å². The molecule has 2 unspecified atom stereocenters. The zero-order chi connectivity index (χ0) is 9.94. The monoisotopic (exact) mass is 176 g/mol. The molecule has 5 nitrogen and oxygen atoms in total. The molecule has 0 amide bonds. The third-order valence-electron chi connectivity index (χ3n) is 1.67. The van der Waals surface area contributed by atoms with Crippen LogP contribution in [-0.4, -0.2) is 40.8 Å². The predicted octanol–water partition coefficient (Wildman–Crippen LogP) is -1.14. The Morgan fingerprint density at radius 3 is 2.17 bits per heavy atom. The molecule has 0 aliphatic rings. The quantitative estimate of drug-likeness (QED) is 0.531. The molecule has 0 rings (SSSR count). The molecule has 0 aromatic carbocycles. The lowest BCUT2D eigenvalue weighted by molar-refractivity contribution is -0.170. The van der Waals surface area contributed by atoms with Gasteiger partial charge in [0.15, 0.2) is 17.5 Å². The molecule has 0 radical (unpaired) electrons. The molecular formula is C7H12O5. The number of aliphatic hydroxyl groups excluding tert-OH is 1. The number of methoxy groups -OCH3 is 1. The summed E-state index contributed by atoms with van der Waals surface area (Å²) in [7, 11) is 1.06. The molecule has 2 N–H and O–H groups in total. The van der Waals surface area contributed by atoms with E-state index in [0.717, 1.165) is 21.0 Å². The molecule has 0 aliphatic heterocycles. The van der Waals surface area contributed by atoms with E-state index >= 15 is 0 Å². The number of rotatable bonds is 3. The van der Waals surface area contributed by atoms with Crippen molar-refractivity contribution in [3.8, 4) is 0 Å². The van der Waals surface area contributed by atoms with Gasteiger partial charge in [-0.15, -0.1) is 0 Å². The highest BCUT2D eigenvalue weighted by Crippen LogP contribution is 2.12. The van der Waals surface area contributed by atoms with Crippen molar-refractivity contribution < 1.29 is 24.5 Å². The lowest BCUT2D eigenvalue weighted by Gasteiger charge is -2.23. The number of hydrogen-bond donors (Lipinski definition) is 2. The highest BCUT2D eigenvalue weighted by molar-refractivity contribution is 5.91. The minimum Gasteiger partial charge on any atom is -0.467 e. The van der Waals surface area contributed by atoms with E-state index in [-0.39, 0.29) is 0 Å². The summed E-state index contributed by atoms with van der Waals surface area (Å²) in [4.78, 5) is 21.4. The van der Waals surface area contributed by atoms with Gasteiger partial charge in [-0.2, -0.15) is 0 Å². The van der Waals surface area contributed by atoms with Crippen molar-refractivity contribution in [2.24, 2.45) is 0 Å². The summed E-state index contributed by atoms with van der Waals surface area (Å²) in [6.07, 6.45) is -1.83. The van der Waals surface area contributed by atoms with Crippen LogP contribution >= 0.6 is 0 Å². The fourth-order valence-corrected chi connectivity index (χ4v) is 0.534. The molecule has 70 valence electrons. The molecule has 0 heterocycles. The van der Waals surface area contributed by atoms with E-state index < -0.39 is 23.5 Å². The topological polar surface area (TPSA) is 83.8 Å². The van der Waals surface area contributed by atoms with E-state index in [1.807, 2.05) is 0 Å². The summed E-state index contributed by atoms with van der Waals surface area (Å²) < 4.78 is 4.15. The number of ketones is 1. The van der Waals surface area contributed by atoms with Gasteiger partial charge in [-0.25, -0.2) is 4.79 Å². The Bertz CT molecular complexity index is 196. The van der Waals surface area contributed by atoms with Gasteiger partial charge < -0.3 is 14.9 Å². The average Bonchev–Trinajstić information content (AvgIpc) is 2.01. The highest BCUT2D eigenvalue weighted by Gasteiger charge is 2.40. The van der Waals surface area contributed by atoms with Crippen molar-refractivity contribution in [2.75, 3.05) is 7.11 Å². The fraction of sp³-hybridized carbons (Fsp3) is 0.714. The van der Waals surface area contributed by atoms with Crippen LogP contribution < -0.4 is 0 Å². The molecule has 0 bridgehead atoms. The van der Waals surface area contributed by atoms with Crippen LogP contribution in [0.1, 0.15) is 13.8 Å². The lowest BCUT2D eigenvalue weighted by atomic mass is 9.95. The summed E-state index contributed by atoms with van der Waals surface area (Å²) in [5.74, 6) is -1.73. The normalized spacial score (nSPS) is 17.8. The maximum atomic E-state index is 10.7. The number of carbonyl (C=O) groups is 2. The standard InChI is InChI=1S/C7H12O5/c1-4(8)7(2,11)5(9)6(10)12-3/h5,9,11H,1-3H3. The van der Waals surface area contributed by atoms with Gasteiger partial charge in [0.25, 0.3) is 0 Å². The lowest BCUT2D eigenvalue weighted by Crippen LogP contribution is -2.50. The van der Waals surface area contributed by atoms with E-state index in [1.165, 1.54) is 0 Å². The van der Waals surface area contributed by atoms with Gasteiger partial charge >= 0.3 is 5.97 Å². The second kappa shape index (κ2) is 3.64. The van der Waals surface area contributed by atoms with Gasteiger partial charge in [0.05, 0.1) is 7.11 Å². The van der Waals surface area contributed by atoms with Gasteiger partial charge in [0, 0.05) is 0 Å². The summed E-state index contributed by atoms with van der Waals surface area (Å²) in [5.41, 5.74) is -2.08. The minimum atomic E-state index is -2.08. The molecule has 0 aromatic rings. The van der Waals surface area contributed by atoms with Crippen molar-refractivity contribution in [1.82, 2.24) is 0 Å². The molecule has 12 heavy (non-hydrogen) atoms. The Morgan fingerprint density at radius 2 is 1.92 bits per heavy atom. The molecule has 0 saturated heterocycles. The summed E-state index contributed by atoms with van der Waals surface area (Å²) in [6, 6.07) is 0. The van der Waals surface area contributed by atoms with E-state index in [9.17, 15) is 14.7 Å². The van der Waals surface area contributed by atoms with Gasteiger partial charge in [-0.3, -0.25) is 4.79 Å². The maximum absolute atomic E-state index is 10.7. The van der Waals surface area contributed by atoms with E-state index in [2.05, 4.69) is 4.74 Å². The Balaban J connectivity index is 4.56. The molecule has 0 saturated carbocycles. The highest BCUT2D eigenvalue weighted by atomic mass is 16.5. The average molecular weight is 176 g/mol. The summed E-state index contributed by atoms with van der Waals surface area (Å²) in [6.45, 7) is 2.13. The first-order valence-corrected chi connectivity index (χ1v) is 3.33. The van der Waals surface area contributed by atoms with Crippen LogP contribution in [0.5, 0.6) is 0 Å². The molecular weight excluding hydrogens is 164 g/mol. The Morgan fingerprint density at radius 1 is 1.50 bits per heavy atom. The van der Waals surface area contributed by atoms with Crippen LogP contribution in [-0.2, 0) is 14.3 Å². The van der Waals surface area contributed by atoms with Gasteiger partial charge in [-0.1, -0.05) is 0 Å². The van der Waals surface area contributed by atoms with Crippen molar-refractivity contribution in [3.05, 3.63) is 0 Å². The van der Waals surface area contributed by atoms with Crippen LogP contribution in [0.2, 0.25) is 0 Å².